The smallest absolute Gasteiger partial charge is 0.276 e. The number of anilines is 2. The molecular formula is C15H24N4O2. The number of nitrogens with zero attached hydrogens (tertiary/aromatic N) is 3. The molecule has 0 radical (unpaired) electrons. The Morgan fingerprint density at radius 3 is 2.81 bits per heavy atom. The van der Waals surface area contributed by atoms with Gasteiger partial charge in [0.1, 0.15) is 11.6 Å². The summed E-state index contributed by atoms with van der Waals surface area (Å²) in [7, 11) is 0. The minimum atomic E-state index is -0.353. The molecular weight excluding hydrogens is 268 g/mol. The lowest BCUT2D eigenvalue weighted by Crippen LogP contribution is -2.26. The monoisotopic (exact) mass is 292 g/mol. The molecule has 21 heavy (non-hydrogen) atoms. The lowest BCUT2D eigenvalue weighted by Gasteiger charge is -2.24. The maximum absolute atomic E-state index is 11.1. The number of nitro groups is 1. The van der Waals surface area contributed by atoms with Gasteiger partial charge in [-0.2, -0.15) is 0 Å². The van der Waals surface area contributed by atoms with Gasteiger partial charge in [0, 0.05) is 19.6 Å². The number of rotatable bonds is 4. The molecule has 0 unspecified atom stereocenters. The Hall–Kier alpha value is -1.85. The zero-order valence-electron chi connectivity index (χ0n) is 13.1. The third-order valence-corrected chi connectivity index (χ3v) is 4.03. The quantitative estimate of drug-likeness (QED) is 0.680. The summed E-state index contributed by atoms with van der Waals surface area (Å²) in [5.74, 6) is 1.28. The number of aromatic nitrogens is 1. The molecule has 1 fully saturated rings. The first-order valence-corrected chi connectivity index (χ1v) is 7.56. The van der Waals surface area contributed by atoms with E-state index in [4.69, 9.17) is 0 Å². The Morgan fingerprint density at radius 2 is 2.14 bits per heavy atom. The minimum Gasteiger partial charge on any atom is -0.370 e. The van der Waals surface area contributed by atoms with Gasteiger partial charge in [-0.15, -0.1) is 0 Å². The molecule has 6 nitrogen and oxygen atoms in total. The summed E-state index contributed by atoms with van der Waals surface area (Å²) in [4.78, 5) is 17.4. The molecule has 1 aromatic rings. The fraction of sp³-hybridized carbons (Fsp3) is 0.667. The topological polar surface area (TPSA) is 71.3 Å². The van der Waals surface area contributed by atoms with Crippen molar-refractivity contribution in [2.45, 2.75) is 40.0 Å². The lowest BCUT2D eigenvalue weighted by molar-refractivity contribution is -0.384. The summed E-state index contributed by atoms with van der Waals surface area (Å²) in [5, 5.41) is 14.2. The molecule has 0 aliphatic carbocycles. The van der Waals surface area contributed by atoms with Crippen molar-refractivity contribution in [1.82, 2.24) is 4.98 Å². The van der Waals surface area contributed by atoms with Crippen molar-refractivity contribution in [2.24, 2.45) is 5.41 Å². The highest BCUT2D eigenvalue weighted by Crippen LogP contribution is 2.32. The highest BCUT2D eigenvalue weighted by atomic mass is 16.6. The molecule has 0 bridgehead atoms. The molecule has 1 aromatic heterocycles. The van der Waals surface area contributed by atoms with Crippen LogP contribution in [0.25, 0.3) is 0 Å². The van der Waals surface area contributed by atoms with Crippen LogP contribution in [0.1, 0.15) is 40.0 Å². The van der Waals surface area contributed by atoms with Crippen LogP contribution in [-0.4, -0.2) is 29.5 Å². The van der Waals surface area contributed by atoms with Gasteiger partial charge in [-0.1, -0.05) is 13.8 Å². The number of hydrogen-bond donors (Lipinski definition) is 1. The van der Waals surface area contributed by atoms with Crippen LogP contribution < -0.4 is 10.2 Å². The Balaban J connectivity index is 2.27. The molecule has 116 valence electrons. The van der Waals surface area contributed by atoms with E-state index in [1.807, 2.05) is 6.92 Å². The van der Waals surface area contributed by atoms with E-state index in [0.717, 1.165) is 25.9 Å². The van der Waals surface area contributed by atoms with Gasteiger partial charge in [-0.25, -0.2) is 4.98 Å². The summed E-state index contributed by atoms with van der Waals surface area (Å²) in [6.45, 7) is 9.01. The lowest BCUT2D eigenvalue weighted by atomic mass is 9.85. The van der Waals surface area contributed by atoms with Crippen LogP contribution >= 0.6 is 0 Å². The van der Waals surface area contributed by atoms with Crippen LogP contribution in [0.2, 0.25) is 0 Å². The van der Waals surface area contributed by atoms with Crippen molar-refractivity contribution < 1.29 is 4.92 Å². The van der Waals surface area contributed by atoms with E-state index in [1.54, 1.807) is 6.07 Å². The molecule has 0 saturated carbocycles. The van der Waals surface area contributed by atoms with E-state index < -0.39 is 0 Å². The van der Waals surface area contributed by atoms with Gasteiger partial charge in [-0.3, -0.25) is 10.1 Å². The van der Waals surface area contributed by atoms with E-state index in [1.165, 1.54) is 12.5 Å². The van der Waals surface area contributed by atoms with E-state index in [0.29, 0.717) is 23.6 Å². The third kappa shape index (κ3) is 4.06. The van der Waals surface area contributed by atoms with Gasteiger partial charge in [-0.05, 0) is 31.6 Å². The van der Waals surface area contributed by atoms with Crippen molar-refractivity contribution >= 4 is 17.3 Å². The molecule has 2 heterocycles. The summed E-state index contributed by atoms with van der Waals surface area (Å²) >= 11 is 0. The third-order valence-electron chi connectivity index (χ3n) is 4.03. The summed E-state index contributed by atoms with van der Waals surface area (Å²) < 4.78 is 0. The van der Waals surface area contributed by atoms with E-state index >= 15 is 0 Å². The second-order valence-corrected chi connectivity index (χ2v) is 6.36. The first kappa shape index (κ1) is 15.5. The van der Waals surface area contributed by atoms with Gasteiger partial charge in [0.25, 0.3) is 5.69 Å². The summed E-state index contributed by atoms with van der Waals surface area (Å²) in [5.41, 5.74) is 0.430. The minimum absolute atomic E-state index is 0.0967. The van der Waals surface area contributed by atoms with Gasteiger partial charge in [0.2, 0.25) is 0 Å². The zero-order chi connectivity index (χ0) is 15.5. The number of pyridine rings is 1. The molecule has 1 saturated heterocycles. The van der Waals surface area contributed by atoms with Crippen molar-refractivity contribution in [2.75, 3.05) is 29.9 Å². The second kappa shape index (κ2) is 6.28. The van der Waals surface area contributed by atoms with Crippen LogP contribution in [0.4, 0.5) is 17.3 Å². The standard InChI is InChI=1S/C15H24N4O2/c1-4-16-13-10-12(19(20)21)11-14(17-13)18-8-5-6-15(2,3)7-9-18/h10-11H,4-9H2,1-3H3,(H,16,17). The van der Waals surface area contributed by atoms with Crippen LogP contribution in [-0.2, 0) is 0 Å². The average molecular weight is 292 g/mol. The fourth-order valence-electron chi connectivity index (χ4n) is 2.69. The molecule has 0 atom stereocenters. The average Bonchev–Trinajstić information content (AvgIpc) is 2.59. The first-order valence-electron chi connectivity index (χ1n) is 7.56. The highest BCUT2D eigenvalue weighted by molar-refractivity contribution is 5.56. The summed E-state index contributed by atoms with van der Waals surface area (Å²) in [6, 6.07) is 3.08. The van der Waals surface area contributed by atoms with E-state index in [9.17, 15) is 10.1 Å². The Labute approximate surface area is 125 Å². The Morgan fingerprint density at radius 1 is 1.38 bits per heavy atom. The van der Waals surface area contributed by atoms with E-state index in [-0.39, 0.29) is 10.6 Å². The maximum atomic E-state index is 11.1. The molecule has 2 rings (SSSR count). The van der Waals surface area contributed by atoms with Crippen molar-refractivity contribution in [3.8, 4) is 0 Å². The summed E-state index contributed by atoms with van der Waals surface area (Å²) in [6.07, 6.45) is 3.35. The second-order valence-electron chi connectivity index (χ2n) is 6.36. The molecule has 0 aromatic carbocycles. The van der Waals surface area contributed by atoms with Crippen LogP contribution in [0.15, 0.2) is 12.1 Å². The Kier molecular flexibility index (Phi) is 4.65. The molecule has 1 N–H and O–H groups in total. The molecule has 0 amide bonds. The largest absolute Gasteiger partial charge is 0.370 e. The SMILES string of the molecule is CCNc1cc([N+](=O)[O-])cc(N2CCCC(C)(C)CC2)n1. The molecule has 0 spiro atoms. The van der Waals surface area contributed by atoms with Gasteiger partial charge >= 0.3 is 0 Å². The molecule has 1 aliphatic heterocycles. The first-order chi connectivity index (χ1) is 9.91. The predicted molar refractivity (Wildman–Crippen MR) is 84.9 cm³/mol. The normalized spacial score (nSPS) is 18.1. The van der Waals surface area contributed by atoms with Crippen molar-refractivity contribution in [3.63, 3.8) is 0 Å². The van der Waals surface area contributed by atoms with Crippen LogP contribution in [0.5, 0.6) is 0 Å². The van der Waals surface area contributed by atoms with Gasteiger partial charge in [0.05, 0.1) is 17.1 Å². The number of hydrogen-bond acceptors (Lipinski definition) is 5. The van der Waals surface area contributed by atoms with E-state index in [2.05, 4.69) is 29.0 Å². The highest BCUT2D eigenvalue weighted by Gasteiger charge is 2.24. The Bertz CT molecular complexity index is 516. The molecule has 1 aliphatic rings. The zero-order valence-corrected chi connectivity index (χ0v) is 13.1. The number of nitrogens with one attached hydrogen (secondary N) is 1. The van der Waals surface area contributed by atoms with Crippen molar-refractivity contribution in [1.29, 1.82) is 0 Å². The van der Waals surface area contributed by atoms with Gasteiger partial charge < -0.3 is 10.2 Å². The fourth-order valence-corrected chi connectivity index (χ4v) is 2.69. The van der Waals surface area contributed by atoms with Crippen LogP contribution in [0.3, 0.4) is 0 Å². The van der Waals surface area contributed by atoms with Crippen LogP contribution in [0, 0.1) is 15.5 Å². The van der Waals surface area contributed by atoms with Crippen molar-refractivity contribution in [3.05, 3.63) is 22.2 Å². The molecule has 6 heteroatoms. The maximum Gasteiger partial charge on any atom is 0.276 e. The predicted octanol–water partition coefficient (Wildman–Crippen LogP) is 3.44. The van der Waals surface area contributed by atoms with Gasteiger partial charge in [0.15, 0.2) is 0 Å².